The molecule has 0 saturated carbocycles. The van der Waals surface area contributed by atoms with Gasteiger partial charge in [-0.1, -0.05) is 0 Å². The van der Waals surface area contributed by atoms with Crippen molar-refractivity contribution in [3.8, 4) is 0 Å². The fourth-order valence-corrected chi connectivity index (χ4v) is 2.58. The van der Waals surface area contributed by atoms with Crippen molar-refractivity contribution < 1.29 is 14.3 Å². The van der Waals surface area contributed by atoms with Gasteiger partial charge in [0.05, 0.1) is 12.3 Å². The number of carbonyl (C=O) groups is 1. The van der Waals surface area contributed by atoms with Gasteiger partial charge in [0, 0.05) is 11.4 Å². The maximum absolute atomic E-state index is 10.9. The molecule has 0 fully saturated rings. The first kappa shape index (κ1) is 12.9. The van der Waals surface area contributed by atoms with Crippen LogP contribution in [0.4, 0.5) is 0 Å². The molecule has 0 saturated heterocycles. The van der Waals surface area contributed by atoms with Gasteiger partial charge in [0.15, 0.2) is 0 Å². The third kappa shape index (κ3) is 2.80. The van der Waals surface area contributed by atoms with Gasteiger partial charge in [-0.25, -0.2) is 4.79 Å². The molecular formula is C13H15NO3S. The molecule has 0 spiro atoms. The third-order valence-electron chi connectivity index (χ3n) is 2.80. The number of thiophene rings is 1. The molecule has 0 aliphatic heterocycles. The number of hydrogen-bond donors (Lipinski definition) is 2. The summed E-state index contributed by atoms with van der Waals surface area (Å²) in [6.07, 6.45) is 1.64. The molecule has 96 valence electrons. The first-order valence-electron chi connectivity index (χ1n) is 5.67. The lowest BCUT2D eigenvalue weighted by Gasteiger charge is -2.10. The zero-order chi connectivity index (χ0) is 13.1. The monoisotopic (exact) mass is 265 g/mol. The SMILES string of the molecule is Cc1sc(C(=O)O)cc1CNC(C)c1ccco1. The van der Waals surface area contributed by atoms with E-state index >= 15 is 0 Å². The van der Waals surface area contributed by atoms with Gasteiger partial charge in [-0.05, 0) is 37.6 Å². The summed E-state index contributed by atoms with van der Waals surface area (Å²) in [6.45, 7) is 4.59. The molecule has 1 atom stereocenters. The van der Waals surface area contributed by atoms with E-state index in [4.69, 9.17) is 9.52 Å². The van der Waals surface area contributed by atoms with Gasteiger partial charge < -0.3 is 14.8 Å². The zero-order valence-electron chi connectivity index (χ0n) is 10.3. The number of furan rings is 1. The summed E-state index contributed by atoms with van der Waals surface area (Å²) in [5.41, 5.74) is 1.02. The van der Waals surface area contributed by atoms with Crippen LogP contribution in [-0.4, -0.2) is 11.1 Å². The van der Waals surface area contributed by atoms with Gasteiger partial charge in [0.2, 0.25) is 0 Å². The number of hydrogen-bond acceptors (Lipinski definition) is 4. The highest BCUT2D eigenvalue weighted by atomic mass is 32.1. The van der Waals surface area contributed by atoms with Crippen LogP contribution in [0.3, 0.4) is 0 Å². The average molecular weight is 265 g/mol. The smallest absolute Gasteiger partial charge is 0.345 e. The predicted molar refractivity (Wildman–Crippen MR) is 70.0 cm³/mol. The number of nitrogens with one attached hydrogen (secondary N) is 1. The second kappa shape index (κ2) is 5.37. The highest BCUT2D eigenvalue weighted by Gasteiger charge is 2.13. The van der Waals surface area contributed by atoms with Crippen LogP contribution >= 0.6 is 11.3 Å². The third-order valence-corrected chi connectivity index (χ3v) is 3.88. The van der Waals surface area contributed by atoms with Crippen LogP contribution in [0.2, 0.25) is 0 Å². The quantitative estimate of drug-likeness (QED) is 0.871. The van der Waals surface area contributed by atoms with E-state index in [0.717, 1.165) is 16.2 Å². The predicted octanol–water partition coefficient (Wildman–Crippen LogP) is 3.20. The van der Waals surface area contributed by atoms with E-state index in [1.54, 1.807) is 12.3 Å². The second-order valence-electron chi connectivity index (χ2n) is 4.12. The number of carboxylic acids is 1. The van der Waals surface area contributed by atoms with Gasteiger partial charge in [-0.3, -0.25) is 0 Å². The molecule has 1 unspecified atom stereocenters. The fourth-order valence-electron chi connectivity index (χ4n) is 1.70. The van der Waals surface area contributed by atoms with Crippen molar-refractivity contribution in [2.45, 2.75) is 26.4 Å². The molecule has 0 bridgehead atoms. The van der Waals surface area contributed by atoms with Crippen LogP contribution in [0.25, 0.3) is 0 Å². The van der Waals surface area contributed by atoms with E-state index in [1.807, 2.05) is 26.0 Å². The summed E-state index contributed by atoms with van der Waals surface area (Å²) in [7, 11) is 0. The number of rotatable bonds is 5. The molecule has 0 amide bonds. The first-order valence-corrected chi connectivity index (χ1v) is 6.49. The zero-order valence-corrected chi connectivity index (χ0v) is 11.1. The molecule has 0 aliphatic carbocycles. The normalized spacial score (nSPS) is 12.6. The van der Waals surface area contributed by atoms with Crippen LogP contribution in [0.5, 0.6) is 0 Å². The van der Waals surface area contributed by atoms with Crippen molar-refractivity contribution >= 4 is 17.3 Å². The fraction of sp³-hybridized carbons (Fsp3) is 0.308. The molecule has 2 rings (SSSR count). The summed E-state index contributed by atoms with van der Waals surface area (Å²) in [5.74, 6) is 0.00905. The van der Waals surface area contributed by atoms with Gasteiger partial charge in [0.1, 0.15) is 10.6 Å². The maximum Gasteiger partial charge on any atom is 0.345 e. The highest BCUT2D eigenvalue weighted by Crippen LogP contribution is 2.22. The summed E-state index contributed by atoms with van der Waals surface area (Å²) < 4.78 is 5.30. The molecule has 0 aromatic carbocycles. The molecule has 2 N–H and O–H groups in total. The van der Waals surface area contributed by atoms with E-state index < -0.39 is 5.97 Å². The Labute approximate surface area is 109 Å². The number of aromatic carboxylic acids is 1. The minimum Gasteiger partial charge on any atom is -0.477 e. The van der Waals surface area contributed by atoms with Crippen molar-refractivity contribution in [1.82, 2.24) is 5.32 Å². The lowest BCUT2D eigenvalue weighted by molar-refractivity contribution is 0.0702. The van der Waals surface area contributed by atoms with Crippen molar-refractivity contribution in [1.29, 1.82) is 0 Å². The molecule has 0 radical (unpaired) electrons. The largest absolute Gasteiger partial charge is 0.477 e. The molecule has 4 nitrogen and oxygen atoms in total. The van der Waals surface area contributed by atoms with E-state index in [9.17, 15) is 4.79 Å². The molecule has 0 aliphatic rings. The van der Waals surface area contributed by atoms with E-state index in [1.165, 1.54) is 11.3 Å². The Kier molecular flexibility index (Phi) is 3.84. The Hall–Kier alpha value is -1.59. The van der Waals surface area contributed by atoms with Crippen molar-refractivity contribution in [2.24, 2.45) is 0 Å². The minimum atomic E-state index is -0.867. The second-order valence-corrected chi connectivity index (χ2v) is 5.37. The Bertz CT molecular complexity index is 530. The van der Waals surface area contributed by atoms with Crippen molar-refractivity contribution in [3.63, 3.8) is 0 Å². The minimum absolute atomic E-state index is 0.104. The lowest BCUT2D eigenvalue weighted by atomic mass is 10.2. The molecule has 18 heavy (non-hydrogen) atoms. The van der Waals surface area contributed by atoms with E-state index in [2.05, 4.69) is 5.32 Å². The summed E-state index contributed by atoms with van der Waals surface area (Å²) in [5, 5.41) is 12.2. The summed E-state index contributed by atoms with van der Waals surface area (Å²) >= 11 is 1.31. The van der Waals surface area contributed by atoms with Crippen molar-refractivity contribution in [2.75, 3.05) is 0 Å². The molecule has 2 heterocycles. The van der Waals surface area contributed by atoms with Gasteiger partial charge in [0.25, 0.3) is 0 Å². The van der Waals surface area contributed by atoms with Crippen LogP contribution in [0, 0.1) is 6.92 Å². The van der Waals surface area contributed by atoms with Crippen LogP contribution < -0.4 is 5.32 Å². The Morgan fingerprint density at radius 2 is 2.39 bits per heavy atom. The van der Waals surface area contributed by atoms with Crippen LogP contribution in [0.15, 0.2) is 28.9 Å². The average Bonchev–Trinajstić information content (AvgIpc) is 2.95. The van der Waals surface area contributed by atoms with Gasteiger partial charge in [-0.15, -0.1) is 11.3 Å². The summed E-state index contributed by atoms with van der Waals surface area (Å²) in [6, 6.07) is 5.60. The summed E-state index contributed by atoms with van der Waals surface area (Å²) in [4.78, 5) is 12.3. The van der Waals surface area contributed by atoms with Gasteiger partial charge in [-0.2, -0.15) is 0 Å². The highest BCUT2D eigenvalue weighted by molar-refractivity contribution is 7.14. The Morgan fingerprint density at radius 3 is 2.94 bits per heavy atom. The maximum atomic E-state index is 10.9. The molecule has 5 heteroatoms. The lowest BCUT2D eigenvalue weighted by Crippen LogP contribution is -2.17. The molecule has 2 aromatic heterocycles. The van der Waals surface area contributed by atoms with Gasteiger partial charge >= 0.3 is 5.97 Å². The Morgan fingerprint density at radius 1 is 1.61 bits per heavy atom. The Balaban J connectivity index is 2.00. The van der Waals surface area contributed by atoms with Crippen molar-refractivity contribution in [3.05, 3.63) is 45.5 Å². The van der Waals surface area contributed by atoms with E-state index in [0.29, 0.717) is 11.4 Å². The van der Waals surface area contributed by atoms with E-state index in [-0.39, 0.29) is 6.04 Å². The topological polar surface area (TPSA) is 62.5 Å². The van der Waals surface area contributed by atoms with Crippen LogP contribution in [0.1, 0.15) is 38.8 Å². The first-order chi connectivity index (χ1) is 8.58. The number of carboxylic acid groups (broad SMARTS) is 1. The standard InChI is InChI=1S/C13H15NO3S/c1-8(11-4-3-5-17-11)14-7-10-6-12(13(15)16)18-9(10)2/h3-6,8,14H,7H2,1-2H3,(H,15,16). The molecule has 2 aromatic rings. The number of aryl methyl sites for hydroxylation is 1. The molecular weight excluding hydrogens is 250 g/mol. The van der Waals surface area contributed by atoms with Crippen LogP contribution in [-0.2, 0) is 6.54 Å².